The highest BCUT2D eigenvalue weighted by molar-refractivity contribution is 6.18. The first-order chi connectivity index (χ1) is 10.8. The zero-order valence-corrected chi connectivity index (χ0v) is 13.9. The van der Waals surface area contributed by atoms with Crippen LogP contribution in [0, 0.1) is 0 Å². The van der Waals surface area contributed by atoms with Gasteiger partial charge in [0.1, 0.15) is 11.9 Å². The monoisotopic (exact) mass is 318 g/mol. The predicted octanol–water partition coefficient (Wildman–Crippen LogP) is 3.98. The van der Waals surface area contributed by atoms with E-state index in [1.807, 2.05) is 6.07 Å². The molecule has 0 spiro atoms. The lowest BCUT2D eigenvalue weighted by Gasteiger charge is -2.39. The molecule has 3 nitrogen and oxygen atoms in total. The minimum absolute atomic E-state index is 0.112. The molecular formula is C18H23ClN2O. The van der Waals surface area contributed by atoms with Crippen LogP contribution in [0.1, 0.15) is 31.7 Å². The zero-order chi connectivity index (χ0) is 15.4. The van der Waals surface area contributed by atoms with E-state index in [9.17, 15) is 0 Å². The van der Waals surface area contributed by atoms with Crippen LogP contribution in [0.2, 0.25) is 0 Å². The number of halogens is 1. The van der Waals surface area contributed by atoms with E-state index < -0.39 is 0 Å². The van der Waals surface area contributed by atoms with E-state index in [0.29, 0.717) is 12.5 Å². The highest BCUT2D eigenvalue weighted by Gasteiger charge is 2.30. The smallest absolute Gasteiger partial charge is 0.134 e. The average molecular weight is 319 g/mol. The second-order valence-electron chi connectivity index (χ2n) is 5.95. The van der Waals surface area contributed by atoms with Crippen molar-refractivity contribution >= 4 is 17.4 Å². The van der Waals surface area contributed by atoms with Gasteiger partial charge in [-0.25, -0.2) is 4.99 Å². The molecule has 0 N–H and O–H groups in total. The summed E-state index contributed by atoms with van der Waals surface area (Å²) < 4.78 is 6.16. The topological polar surface area (TPSA) is 24.8 Å². The van der Waals surface area contributed by atoms with E-state index in [4.69, 9.17) is 21.3 Å². The first-order valence-corrected chi connectivity index (χ1v) is 8.55. The van der Waals surface area contributed by atoms with Crippen LogP contribution in [-0.4, -0.2) is 35.8 Å². The molecule has 0 bridgehead atoms. The maximum atomic E-state index is 6.16. The van der Waals surface area contributed by atoms with Gasteiger partial charge in [-0.3, -0.25) is 0 Å². The molecule has 4 heteroatoms. The summed E-state index contributed by atoms with van der Waals surface area (Å²) in [7, 11) is 0. The van der Waals surface area contributed by atoms with Gasteiger partial charge in [-0.15, -0.1) is 11.6 Å². The van der Waals surface area contributed by atoms with E-state index >= 15 is 0 Å². The number of rotatable bonds is 5. The highest BCUT2D eigenvalue weighted by atomic mass is 35.5. The number of hydrogen-bond acceptors (Lipinski definition) is 3. The zero-order valence-electron chi connectivity index (χ0n) is 13.1. The van der Waals surface area contributed by atoms with Crippen molar-refractivity contribution in [3.8, 4) is 0 Å². The van der Waals surface area contributed by atoms with Gasteiger partial charge in [0.2, 0.25) is 0 Å². The lowest BCUT2D eigenvalue weighted by molar-refractivity contribution is 0.0582. The van der Waals surface area contributed by atoms with Crippen LogP contribution in [-0.2, 0) is 11.3 Å². The van der Waals surface area contributed by atoms with Crippen LogP contribution in [0.25, 0.3) is 0 Å². The molecule has 1 aromatic carbocycles. The molecule has 1 atom stereocenters. The summed E-state index contributed by atoms with van der Waals surface area (Å²) >= 11 is 5.90. The van der Waals surface area contributed by atoms with E-state index in [1.54, 1.807) is 0 Å². The molecule has 3 rings (SSSR count). The molecule has 2 heterocycles. The molecule has 1 fully saturated rings. The van der Waals surface area contributed by atoms with Crippen molar-refractivity contribution in [1.82, 2.24) is 4.90 Å². The maximum Gasteiger partial charge on any atom is 0.134 e. The van der Waals surface area contributed by atoms with Crippen molar-refractivity contribution < 1.29 is 4.74 Å². The molecule has 118 valence electrons. The maximum absolute atomic E-state index is 6.16. The van der Waals surface area contributed by atoms with Gasteiger partial charge in [-0.05, 0) is 37.3 Å². The molecule has 0 aromatic heterocycles. The Morgan fingerprint density at radius 3 is 2.91 bits per heavy atom. The first-order valence-electron chi connectivity index (χ1n) is 8.01. The lowest BCUT2D eigenvalue weighted by atomic mass is 10.0. The van der Waals surface area contributed by atoms with E-state index in [1.165, 1.54) is 11.1 Å². The van der Waals surface area contributed by atoms with Crippen LogP contribution >= 0.6 is 11.6 Å². The second-order valence-corrected chi connectivity index (χ2v) is 6.32. The van der Waals surface area contributed by atoms with Gasteiger partial charge in [-0.1, -0.05) is 30.3 Å². The Balaban J connectivity index is 1.71. The summed E-state index contributed by atoms with van der Waals surface area (Å²) in [6.07, 6.45) is 3.25. The van der Waals surface area contributed by atoms with Gasteiger partial charge in [0.15, 0.2) is 0 Å². The quantitative estimate of drug-likeness (QED) is 0.767. The third-order valence-electron chi connectivity index (χ3n) is 4.37. The third-order valence-corrected chi connectivity index (χ3v) is 4.56. The van der Waals surface area contributed by atoms with E-state index in [0.717, 1.165) is 43.9 Å². The minimum Gasteiger partial charge on any atom is -0.366 e. The Morgan fingerprint density at radius 2 is 2.14 bits per heavy atom. The second kappa shape index (κ2) is 7.30. The number of benzene rings is 1. The largest absolute Gasteiger partial charge is 0.366 e. The summed E-state index contributed by atoms with van der Waals surface area (Å²) in [6.45, 7) is 4.77. The number of hydrogen-bond donors (Lipinski definition) is 0. The van der Waals surface area contributed by atoms with Crippen molar-refractivity contribution in [2.45, 2.75) is 38.9 Å². The van der Waals surface area contributed by atoms with Gasteiger partial charge in [0.05, 0.1) is 6.61 Å². The van der Waals surface area contributed by atoms with Crippen LogP contribution in [0.4, 0.5) is 0 Å². The molecule has 1 aromatic rings. The molecule has 2 aliphatic heterocycles. The Bertz CT molecular complexity index is 568. The Morgan fingerprint density at radius 1 is 1.32 bits per heavy atom. The molecule has 0 radical (unpaired) electrons. The van der Waals surface area contributed by atoms with Crippen LogP contribution in [0.15, 0.2) is 46.6 Å². The molecule has 0 aliphatic carbocycles. The summed E-state index contributed by atoms with van der Waals surface area (Å²) in [4.78, 5) is 7.21. The number of alkyl halides is 1. The first kappa shape index (κ1) is 15.6. The van der Waals surface area contributed by atoms with Gasteiger partial charge in [0.25, 0.3) is 0 Å². The lowest BCUT2D eigenvalue weighted by Crippen LogP contribution is -2.47. The minimum atomic E-state index is 0.112. The number of amidine groups is 1. The summed E-state index contributed by atoms with van der Waals surface area (Å²) in [5.41, 5.74) is 3.70. The number of allylic oxidation sites excluding steroid dienone is 1. The summed E-state index contributed by atoms with van der Waals surface area (Å²) in [5.74, 6) is 1.78. The highest BCUT2D eigenvalue weighted by Crippen LogP contribution is 2.26. The Hall–Kier alpha value is -1.32. The van der Waals surface area contributed by atoms with E-state index in [2.05, 4.69) is 36.1 Å². The number of fused-ring (bicyclic) bond motifs is 1. The number of aliphatic imine (C=N–C) groups is 1. The van der Waals surface area contributed by atoms with Gasteiger partial charge in [-0.2, -0.15) is 0 Å². The fraction of sp³-hybridized carbons (Fsp3) is 0.500. The van der Waals surface area contributed by atoms with E-state index in [-0.39, 0.29) is 6.10 Å². The molecular weight excluding hydrogens is 296 g/mol. The molecule has 22 heavy (non-hydrogen) atoms. The fourth-order valence-corrected chi connectivity index (χ4v) is 3.34. The predicted molar refractivity (Wildman–Crippen MR) is 91.3 cm³/mol. The summed E-state index contributed by atoms with van der Waals surface area (Å²) in [5, 5.41) is 0. The molecule has 2 aliphatic rings. The number of ether oxygens (including phenoxy) is 1. The van der Waals surface area contributed by atoms with Crippen molar-refractivity contribution in [3.63, 3.8) is 0 Å². The number of piperidine rings is 1. The van der Waals surface area contributed by atoms with Gasteiger partial charge >= 0.3 is 0 Å². The number of nitrogens with zero attached hydrogens (tertiary/aromatic N) is 2. The third kappa shape index (κ3) is 3.53. The fourth-order valence-electron chi connectivity index (χ4n) is 3.12. The van der Waals surface area contributed by atoms with Crippen molar-refractivity contribution in [2.24, 2.45) is 4.99 Å². The SMILES string of the molecule is CC1=C(CCCl)CN2CCCC(OCc3ccccc3)C2=N1. The van der Waals surface area contributed by atoms with Crippen molar-refractivity contribution in [2.75, 3.05) is 19.0 Å². The molecule has 0 saturated carbocycles. The van der Waals surface area contributed by atoms with Crippen molar-refractivity contribution in [1.29, 1.82) is 0 Å². The van der Waals surface area contributed by atoms with Crippen LogP contribution < -0.4 is 0 Å². The molecule has 1 saturated heterocycles. The Labute approximate surface area is 137 Å². The normalized spacial score (nSPS) is 21.6. The molecule has 0 amide bonds. The summed E-state index contributed by atoms with van der Waals surface area (Å²) in [6, 6.07) is 10.3. The van der Waals surface area contributed by atoms with Crippen molar-refractivity contribution in [3.05, 3.63) is 47.2 Å². The average Bonchev–Trinajstić information content (AvgIpc) is 2.55. The Kier molecular flexibility index (Phi) is 5.16. The molecule has 1 unspecified atom stereocenters. The van der Waals surface area contributed by atoms with Gasteiger partial charge in [0, 0.05) is 24.7 Å². The van der Waals surface area contributed by atoms with Crippen LogP contribution in [0.5, 0.6) is 0 Å². The van der Waals surface area contributed by atoms with Gasteiger partial charge < -0.3 is 9.64 Å². The standard InChI is InChI=1S/C18H23ClN2O/c1-14-16(9-10-19)12-21-11-5-8-17(18(21)20-14)22-13-15-6-3-2-4-7-15/h2-4,6-7,17H,5,8-13H2,1H3. The van der Waals surface area contributed by atoms with Crippen LogP contribution in [0.3, 0.4) is 0 Å².